The minimum atomic E-state index is -0.953. The maximum Gasteiger partial charge on any atom is 0.309 e. The first-order valence-electron chi connectivity index (χ1n) is 16.9. The lowest BCUT2D eigenvalue weighted by atomic mass is 9.47. The van der Waals surface area contributed by atoms with Crippen molar-refractivity contribution in [2.24, 2.45) is 23.0 Å². The average Bonchev–Trinajstić information content (AvgIpc) is 3.05. The maximum atomic E-state index is 13.9. The monoisotopic (exact) mass is 729 g/mol. The molecule has 2 aromatic carbocycles. The van der Waals surface area contributed by atoms with Gasteiger partial charge >= 0.3 is 5.97 Å². The number of carboxylic acid groups (broad SMARTS) is 1. The molecule has 5 atom stereocenters. The molecule has 12 nitrogen and oxygen atoms in total. The predicted octanol–water partition coefficient (Wildman–Crippen LogP) is 2.31. The summed E-state index contributed by atoms with van der Waals surface area (Å²) in [7, 11) is 0. The van der Waals surface area contributed by atoms with E-state index >= 15 is 0 Å². The first-order valence-corrected chi connectivity index (χ1v) is 18.3. The molecule has 0 saturated heterocycles. The van der Waals surface area contributed by atoms with Crippen molar-refractivity contribution in [2.45, 2.75) is 81.5 Å². The highest BCUT2D eigenvalue weighted by Gasteiger charge is 2.61. The average molecular weight is 730 g/mol. The van der Waals surface area contributed by atoms with Crippen molar-refractivity contribution in [2.75, 3.05) is 18.6 Å². The summed E-state index contributed by atoms with van der Waals surface area (Å²) < 4.78 is 0. The normalized spacial score (nSPS) is 24.9. The fourth-order valence-corrected chi connectivity index (χ4v) is 8.84. The number of amides is 4. The number of hydrogen-bond donors (Lipinski definition) is 7. The van der Waals surface area contributed by atoms with Gasteiger partial charge in [-0.25, -0.2) is 0 Å². The second-order valence-electron chi connectivity index (χ2n) is 14.2. The number of aliphatic carboxylic acids is 1. The molecule has 2 unspecified atom stereocenters. The van der Waals surface area contributed by atoms with E-state index in [1.807, 2.05) is 36.6 Å². The smallest absolute Gasteiger partial charge is 0.309 e. The van der Waals surface area contributed by atoms with Crippen molar-refractivity contribution in [1.82, 2.24) is 21.3 Å². The zero-order valence-corrected chi connectivity index (χ0v) is 29.8. The van der Waals surface area contributed by atoms with Gasteiger partial charge in [-0.3, -0.25) is 24.0 Å². The van der Waals surface area contributed by atoms with E-state index < -0.39 is 59.3 Å². The molecule has 50 heavy (non-hydrogen) atoms. The number of carboxylic acids is 1. The van der Waals surface area contributed by atoms with Crippen LogP contribution in [0.1, 0.15) is 56.1 Å². The molecule has 0 aromatic heterocycles. The number of halogens is 1. The molecule has 14 heteroatoms. The number of hydrogen-bond acceptors (Lipinski definition) is 8. The van der Waals surface area contributed by atoms with Crippen molar-refractivity contribution >= 4 is 53.8 Å². The van der Waals surface area contributed by atoms with Gasteiger partial charge in [0.25, 0.3) is 0 Å². The van der Waals surface area contributed by atoms with Crippen molar-refractivity contribution in [3.63, 3.8) is 0 Å². The molecule has 4 fully saturated rings. The van der Waals surface area contributed by atoms with Crippen LogP contribution < -0.4 is 27.0 Å². The zero-order chi connectivity index (χ0) is 35.2. The molecule has 0 aliphatic heterocycles. The van der Waals surface area contributed by atoms with Crippen LogP contribution in [0.15, 0.2) is 54.6 Å². The number of aromatic hydroxyl groups is 1. The molecule has 4 aliphatic rings. The van der Waals surface area contributed by atoms with E-state index in [4.69, 9.17) is 5.73 Å². The summed E-state index contributed by atoms with van der Waals surface area (Å²) in [6.07, 6.45) is 6.73. The number of benzene rings is 2. The van der Waals surface area contributed by atoms with Crippen LogP contribution >= 0.6 is 24.2 Å². The van der Waals surface area contributed by atoms with Gasteiger partial charge in [0, 0.05) is 12.0 Å². The molecule has 6 rings (SSSR count). The molecule has 4 saturated carbocycles. The van der Waals surface area contributed by atoms with E-state index in [1.54, 1.807) is 12.1 Å². The van der Waals surface area contributed by atoms with Crippen LogP contribution in [0.3, 0.4) is 0 Å². The van der Waals surface area contributed by atoms with Gasteiger partial charge < -0.3 is 37.2 Å². The molecule has 0 radical (unpaired) electrons. The Morgan fingerprint density at radius 2 is 1.50 bits per heavy atom. The van der Waals surface area contributed by atoms with E-state index in [1.165, 1.54) is 23.9 Å². The zero-order valence-electron chi connectivity index (χ0n) is 28.2. The Hall–Kier alpha value is -3.81. The van der Waals surface area contributed by atoms with Crippen molar-refractivity contribution in [3.05, 3.63) is 65.7 Å². The molecular weight excluding hydrogens is 682 g/mol. The Labute approximate surface area is 302 Å². The third-order valence-electron chi connectivity index (χ3n) is 10.2. The third kappa shape index (κ3) is 9.70. The lowest BCUT2D eigenvalue weighted by Crippen LogP contribution is -2.66. The Morgan fingerprint density at radius 3 is 2.12 bits per heavy atom. The van der Waals surface area contributed by atoms with Crippen LogP contribution in [0.5, 0.6) is 5.75 Å². The van der Waals surface area contributed by atoms with Crippen LogP contribution in [0, 0.1) is 17.3 Å². The van der Waals surface area contributed by atoms with Gasteiger partial charge in [-0.05, 0) is 98.5 Å². The number of carbonyl (C=O) groups is 5. The lowest BCUT2D eigenvalue weighted by Gasteiger charge is -2.60. The number of nitrogens with one attached hydrogen (secondary N) is 4. The van der Waals surface area contributed by atoms with Crippen molar-refractivity contribution in [3.8, 4) is 5.75 Å². The van der Waals surface area contributed by atoms with Crippen molar-refractivity contribution < 1.29 is 34.2 Å². The van der Waals surface area contributed by atoms with Crippen molar-refractivity contribution in [1.29, 1.82) is 0 Å². The maximum absolute atomic E-state index is 13.9. The summed E-state index contributed by atoms with van der Waals surface area (Å²) in [6.45, 7) is -0.417. The van der Waals surface area contributed by atoms with Crippen LogP contribution in [0.4, 0.5) is 0 Å². The quantitative estimate of drug-likeness (QED) is 0.136. The Morgan fingerprint density at radius 1 is 0.860 bits per heavy atom. The topological polar surface area (TPSA) is 200 Å². The summed E-state index contributed by atoms with van der Waals surface area (Å²) >= 11 is 1.51. The first kappa shape index (κ1) is 39.0. The van der Waals surface area contributed by atoms with Crippen LogP contribution in [-0.2, 0) is 36.8 Å². The molecule has 4 amide bonds. The highest BCUT2D eigenvalue weighted by molar-refractivity contribution is 7.98. The second-order valence-corrected chi connectivity index (χ2v) is 15.1. The molecule has 4 bridgehead atoms. The summed E-state index contributed by atoms with van der Waals surface area (Å²) in [5.41, 5.74) is 6.26. The highest BCUT2D eigenvalue weighted by Crippen LogP contribution is 2.61. The van der Waals surface area contributed by atoms with Gasteiger partial charge in [0.15, 0.2) is 0 Å². The molecule has 0 heterocycles. The SMILES string of the molecule is CSCC[C@@H](NC(=O)[C@@H](N)Cc1ccc(O)cc1)C(=O)NCC(=O)N[C@@H](Cc1ccccc1)C(=O)NC12CC3CC(C1)CC(C(=O)O)(C3)C2.Cl. The number of carbonyl (C=O) groups excluding carboxylic acids is 4. The van der Waals surface area contributed by atoms with Crippen LogP contribution in [0.25, 0.3) is 0 Å². The predicted molar refractivity (Wildman–Crippen MR) is 193 cm³/mol. The number of thioether (sulfide) groups is 1. The van der Waals surface area contributed by atoms with E-state index in [2.05, 4.69) is 21.3 Å². The standard InChI is InChI=1S/C36H47N5O7S.ClH/c1-49-12-11-28(40-31(44)27(37)14-23-7-9-26(42)10-8-23)32(45)38-20-30(43)39-29(15-22-5-3-2-4-6-22)33(46)41-36-18-24-13-25(19-36)17-35(16-24,21-36)34(47)48;/h2-10,24-25,27-29,42H,11-21,37H2,1H3,(H,38,45)(H,39,43)(H,40,44)(H,41,46)(H,47,48);1H/t24?,25?,27-,28+,29-,35?,36?;/m0./s1. The number of rotatable bonds is 16. The molecule has 4 aliphatic carbocycles. The van der Waals surface area contributed by atoms with E-state index in [9.17, 15) is 34.2 Å². The molecule has 0 spiro atoms. The minimum absolute atomic E-state index is 0. The highest BCUT2D eigenvalue weighted by atomic mass is 35.5. The lowest BCUT2D eigenvalue weighted by molar-refractivity contribution is -0.170. The van der Waals surface area contributed by atoms with Crippen LogP contribution in [-0.4, -0.2) is 82.0 Å². The van der Waals surface area contributed by atoms with Gasteiger partial charge in [0.2, 0.25) is 23.6 Å². The molecule has 8 N–H and O–H groups in total. The fourth-order valence-electron chi connectivity index (χ4n) is 8.36. The number of phenolic OH excluding ortho intramolecular Hbond substituents is 1. The third-order valence-corrected chi connectivity index (χ3v) is 10.9. The van der Waals surface area contributed by atoms with E-state index in [-0.39, 0.29) is 48.7 Å². The molecule has 2 aromatic rings. The Bertz CT molecular complexity index is 1510. The van der Waals surface area contributed by atoms with Gasteiger partial charge in [-0.1, -0.05) is 42.5 Å². The minimum Gasteiger partial charge on any atom is -0.508 e. The second kappa shape index (κ2) is 16.9. The van der Waals surface area contributed by atoms with E-state index in [0.29, 0.717) is 31.4 Å². The van der Waals surface area contributed by atoms with Gasteiger partial charge in [0.1, 0.15) is 17.8 Å². The summed E-state index contributed by atoms with van der Waals surface area (Å²) in [5.74, 6) is -1.65. The molecule has 272 valence electrons. The molecular formula is C36H48ClN5O7S. The summed E-state index contributed by atoms with van der Waals surface area (Å²) in [4.78, 5) is 65.6. The first-order chi connectivity index (χ1) is 23.4. The Kier molecular flexibility index (Phi) is 13.2. The largest absolute Gasteiger partial charge is 0.508 e. The number of nitrogens with two attached hydrogens (primary N) is 1. The van der Waals surface area contributed by atoms with Gasteiger partial charge in [-0.2, -0.15) is 11.8 Å². The summed E-state index contributed by atoms with van der Waals surface area (Å²) in [6, 6.07) is 12.8. The van der Waals surface area contributed by atoms with Crippen LogP contribution in [0.2, 0.25) is 0 Å². The number of phenols is 1. The Balaban J connectivity index is 0.00000562. The van der Waals surface area contributed by atoms with Gasteiger partial charge in [-0.15, -0.1) is 12.4 Å². The van der Waals surface area contributed by atoms with E-state index in [0.717, 1.165) is 30.4 Å². The van der Waals surface area contributed by atoms with Gasteiger partial charge in [0.05, 0.1) is 18.0 Å². The summed E-state index contributed by atoms with van der Waals surface area (Å²) in [5, 5.41) is 31.0. The fraction of sp³-hybridized carbons (Fsp3) is 0.528.